The molecule has 3 heterocycles. The van der Waals surface area contributed by atoms with Crippen LogP contribution in [0.1, 0.15) is 95.9 Å². The lowest BCUT2D eigenvalue weighted by molar-refractivity contribution is 0.0452. The van der Waals surface area contributed by atoms with Crippen molar-refractivity contribution in [3.63, 3.8) is 0 Å². The summed E-state index contributed by atoms with van der Waals surface area (Å²) in [5.41, 5.74) is -2.77. The number of aromatic nitrogens is 2. The van der Waals surface area contributed by atoms with Gasteiger partial charge in [0.2, 0.25) is 0 Å². The van der Waals surface area contributed by atoms with Gasteiger partial charge in [0.15, 0.2) is 11.6 Å². The SMILES string of the molecule is CC(C)(C)OC(=O)N[C@@H]1C[C@H](NC(=O)OC(C)(C)C)CN(c2nnc(N3C[C@H](NC(=O)OC(C)(C)C)C[C@H](NC(=O)OC(C)(C)C)C3)c3ccccc23)C1. The van der Waals surface area contributed by atoms with E-state index < -0.39 is 70.9 Å². The molecule has 54 heavy (non-hydrogen) atoms. The number of anilines is 2. The third-order valence-corrected chi connectivity index (χ3v) is 8.03. The van der Waals surface area contributed by atoms with E-state index in [0.717, 1.165) is 10.8 Å². The number of nitrogens with zero attached hydrogens (tertiary/aromatic N) is 4. The first-order valence-electron chi connectivity index (χ1n) is 18.6. The molecule has 0 aliphatic carbocycles. The van der Waals surface area contributed by atoms with E-state index >= 15 is 0 Å². The van der Waals surface area contributed by atoms with Gasteiger partial charge in [-0.2, -0.15) is 0 Å². The molecule has 16 nitrogen and oxygen atoms in total. The van der Waals surface area contributed by atoms with Crippen molar-refractivity contribution in [2.75, 3.05) is 36.0 Å². The van der Waals surface area contributed by atoms with Gasteiger partial charge in [-0.15, -0.1) is 10.2 Å². The summed E-state index contributed by atoms with van der Waals surface area (Å²) >= 11 is 0. The summed E-state index contributed by atoms with van der Waals surface area (Å²) in [7, 11) is 0. The molecule has 2 fully saturated rings. The smallest absolute Gasteiger partial charge is 0.407 e. The van der Waals surface area contributed by atoms with Crippen LogP contribution in [0.3, 0.4) is 0 Å². The van der Waals surface area contributed by atoms with Gasteiger partial charge in [0.1, 0.15) is 22.4 Å². The first-order valence-corrected chi connectivity index (χ1v) is 18.6. The summed E-state index contributed by atoms with van der Waals surface area (Å²) in [6.07, 6.45) is -1.39. The zero-order valence-corrected chi connectivity index (χ0v) is 33.9. The van der Waals surface area contributed by atoms with E-state index in [-0.39, 0.29) is 0 Å². The first-order chi connectivity index (χ1) is 24.8. The second-order valence-corrected chi connectivity index (χ2v) is 18.0. The lowest BCUT2D eigenvalue weighted by Crippen LogP contribution is -2.58. The van der Waals surface area contributed by atoms with Crippen molar-refractivity contribution in [3.8, 4) is 0 Å². The number of carbonyl (C=O) groups excluding carboxylic acids is 4. The van der Waals surface area contributed by atoms with Crippen LogP contribution in [0.15, 0.2) is 24.3 Å². The maximum atomic E-state index is 12.9. The number of carbonyl (C=O) groups is 4. The number of piperidine rings is 2. The van der Waals surface area contributed by atoms with E-state index in [1.54, 1.807) is 83.1 Å². The van der Waals surface area contributed by atoms with Crippen LogP contribution >= 0.6 is 0 Å². The summed E-state index contributed by atoms with van der Waals surface area (Å²) in [5.74, 6) is 1.12. The maximum absolute atomic E-state index is 12.9. The van der Waals surface area contributed by atoms with Crippen LogP contribution in [-0.4, -0.2) is 107 Å². The molecule has 2 aliphatic heterocycles. The van der Waals surface area contributed by atoms with Crippen molar-refractivity contribution in [1.29, 1.82) is 0 Å². The molecule has 16 heteroatoms. The number of hydrogen-bond donors (Lipinski definition) is 4. The minimum absolute atomic E-state index is 0.372. The maximum Gasteiger partial charge on any atom is 0.407 e. The summed E-state index contributed by atoms with van der Waals surface area (Å²) < 4.78 is 22.2. The topological polar surface area (TPSA) is 186 Å². The molecule has 4 rings (SSSR count). The first kappa shape index (κ1) is 42.0. The Balaban J connectivity index is 1.66. The second kappa shape index (κ2) is 16.3. The Morgan fingerprint density at radius 2 is 0.741 bits per heavy atom. The predicted molar refractivity (Wildman–Crippen MR) is 206 cm³/mol. The zero-order chi connectivity index (χ0) is 40.2. The van der Waals surface area contributed by atoms with Gasteiger partial charge in [-0.05, 0) is 95.9 Å². The van der Waals surface area contributed by atoms with Gasteiger partial charge in [-0.1, -0.05) is 24.3 Å². The van der Waals surface area contributed by atoms with E-state index in [2.05, 4.69) is 21.3 Å². The summed E-state index contributed by atoms with van der Waals surface area (Å²) in [5, 5.41) is 22.9. The highest BCUT2D eigenvalue weighted by molar-refractivity contribution is 5.99. The predicted octanol–water partition coefficient (Wildman–Crippen LogP) is 5.62. The average molecular weight is 757 g/mol. The fourth-order valence-corrected chi connectivity index (χ4v) is 6.40. The molecule has 0 bridgehead atoms. The highest BCUT2D eigenvalue weighted by Crippen LogP contribution is 2.33. The van der Waals surface area contributed by atoms with Gasteiger partial charge < -0.3 is 50.0 Å². The highest BCUT2D eigenvalue weighted by Gasteiger charge is 2.36. The molecule has 0 spiro atoms. The van der Waals surface area contributed by atoms with Crippen molar-refractivity contribution in [2.45, 2.75) is 142 Å². The monoisotopic (exact) mass is 756 g/mol. The van der Waals surface area contributed by atoms with Gasteiger partial charge >= 0.3 is 24.4 Å². The third-order valence-electron chi connectivity index (χ3n) is 8.03. The van der Waals surface area contributed by atoms with Gasteiger partial charge in [0.05, 0.1) is 24.2 Å². The van der Waals surface area contributed by atoms with Crippen molar-refractivity contribution in [2.24, 2.45) is 0 Å². The summed E-state index contributed by atoms with van der Waals surface area (Å²) in [6, 6.07) is 6.08. The van der Waals surface area contributed by atoms with Gasteiger partial charge in [-0.25, -0.2) is 19.2 Å². The molecule has 4 N–H and O–H groups in total. The molecule has 0 saturated carbocycles. The Morgan fingerprint density at radius 3 is 0.963 bits per heavy atom. The Bertz CT molecular complexity index is 1460. The molecule has 4 amide bonds. The third kappa shape index (κ3) is 13.3. The standard InChI is InChI=1S/C38H60N8O8/c1-35(2,3)51-31(47)39-23-17-24(40-32(48)52-36(4,5)6)20-45(19-23)29-27-15-13-14-16-28(27)30(44-43-29)46-21-25(41-33(49)53-37(7,8)9)18-26(22-46)42-34(50)54-38(10,11)12/h13-16,23-26H,17-22H2,1-12H3,(H,39,47)(H,40,48)(H,41,49)(H,42,50)/t23-,24+,25-,26+. The minimum Gasteiger partial charge on any atom is -0.444 e. The van der Waals surface area contributed by atoms with Crippen LogP contribution < -0.4 is 31.1 Å². The number of amides is 4. The lowest BCUT2D eigenvalue weighted by atomic mass is 9.99. The Kier molecular flexibility index (Phi) is 12.7. The van der Waals surface area contributed by atoms with Crippen molar-refractivity contribution >= 4 is 46.8 Å². The number of fused-ring (bicyclic) bond motifs is 1. The molecule has 2 saturated heterocycles. The minimum atomic E-state index is -0.693. The molecule has 2 aromatic rings. The molecule has 300 valence electrons. The van der Waals surface area contributed by atoms with E-state index in [1.165, 1.54) is 0 Å². The van der Waals surface area contributed by atoms with E-state index in [4.69, 9.17) is 29.1 Å². The van der Waals surface area contributed by atoms with Crippen molar-refractivity contribution in [1.82, 2.24) is 31.5 Å². The highest BCUT2D eigenvalue weighted by atomic mass is 16.6. The summed E-state index contributed by atoms with van der Waals surface area (Å²) in [4.78, 5) is 55.5. The average Bonchev–Trinajstić information content (AvgIpc) is 2.96. The fraction of sp³-hybridized carbons (Fsp3) is 0.684. The van der Waals surface area contributed by atoms with Gasteiger partial charge in [0.25, 0.3) is 0 Å². The molecular formula is C38H60N8O8. The number of nitrogens with one attached hydrogen (secondary N) is 4. The van der Waals surface area contributed by atoms with Crippen molar-refractivity contribution < 1.29 is 38.1 Å². The lowest BCUT2D eigenvalue weighted by Gasteiger charge is -2.40. The van der Waals surface area contributed by atoms with E-state index in [9.17, 15) is 19.2 Å². The van der Waals surface area contributed by atoms with Crippen LogP contribution in [-0.2, 0) is 18.9 Å². The fourth-order valence-electron chi connectivity index (χ4n) is 6.40. The van der Waals surface area contributed by atoms with Crippen LogP contribution in [0.25, 0.3) is 10.8 Å². The van der Waals surface area contributed by atoms with Crippen molar-refractivity contribution in [3.05, 3.63) is 24.3 Å². The van der Waals surface area contributed by atoms with Crippen LogP contribution in [0, 0.1) is 0 Å². The molecular weight excluding hydrogens is 696 g/mol. The second-order valence-electron chi connectivity index (χ2n) is 18.0. The van der Waals surface area contributed by atoms with E-state index in [0.29, 0.717) is 50.7 Å². The number of hydrogen-bond acceptors (Lipinski definition) is 12. The number of ether oxygens (including phenoxy) is 4. The van der Waals surface area contributed by atoms with Gasteiger partial charge in [-0.3, -0.25) is 0 Å². The molecule has 1 aromatic heterocycles. The Morgan fingerprint density at radius 1 is 0.500 bits per heavy atom. The van der Waals surface area contributed by atoms with Crippen LogP contribution in [0.4, 0.5) is 30.8 Å². The molecule has 2 aliphatic rings. The zero-order valence-electron chi connectivity index (χ0n) is 33.9. The number of alkyl carbamates (subject to hydrolysis) is 4. The Labute approximate surface area is 318 Å². The molecule has 0 unspecified atom stereocenters. The number of rotatable bonds is 6. The normalized spacial score (nSPS) is 21.1. The quantitative estimate of drug-likeness (QED) is 0.267. The largest absolute Gasteiger partial charge is 0.444 e. The molecule has 1 aromatic carbocycles. The van der Waals surface area contributed by atoms with E-state index in [1.807, 2.05) is 34.1 Å². The van der Waals surface area contributed by atoms with Crippen LogP contribution in [0.5, 0.6) is 0 Å². The Hall–Kier alpha value is -4.76. The molecule has 0 radical (unpaired) electrons. The van der Waals surface area contributed by atoms with Crippen LogP contribution in [0.2, 0.25) is 0 Å². The summed E-state index contributed by atoms with van der Waals surface area (Å²) in [6.45, 7) is 23.0. The molecule has 4 atom stereocenters. The van der Waals surface area contributed by atoms with Gasteiger partial charge in [0, 0.05) is 37.0 Å². The number of benzene rings is 1.